The van der Waals surface area contributed by atoms with Crippen LogP contribution in [-0.2, 0) is 0 Å². The molecule has 2 rings (SSSR count). The minimum atomic E-state index is -0.387. The summed E-state index contributed by atoms with van der Waals surface area (Å²) in [6.07, 6.45) is 0. The zero-order chi connectivity index (χ0) is 13.8. The normalized spacial score (nSPS) is 9.68. The van der Waals surface area contributed by atoms with Crippen LogP contribution in [0.3, 0.4) is 0 Å². The fourth-order valence-corrected chi connectivity index (χ4v) is 1.76. The molecule has 0 saturated heterocycles. The molecule has 19 heavy (non-hydrogen) atoms. The molecule has 2 aromatic carbocycles. The number of amides is 1. The predicted octanol–water partition coefficient (Wildman–Crippen LogP) is 3.17. The molecule has 0 spiro atoms. The summed E-state index contributed by atoms with van der Waals surface area (Å²) in [6.45, 7) is 0. The SMILES string of the molecule is N#Cc1ccc(NC(=O)c2cccc(O)c2)c(Cl)c1. The summed E-state index contributed by atoms with van der Waals surface area (Å²) in [4.78, 5) is 11.9. The summed E-state index contributed by atoms with van der Waals surface area (Å²) >= 11 is 5.96. The fraction of sp³-hybridized carbons (Fsp3) is 0. The zero-order valence-corrected chi connectivity index (χ0v) is 10.5. The topological polar surface area (TPSA) is 73.1 Å². The van der Waals surface area contributed by atoms with Crippen LogP contribution in [0.25, 0.3) is 0 Å². The molecule has 94 valence electrons. The van der Waals surface area contributed by atoms with E-state index in [1.807, 2.05) is 6.07 Å². The van der Waals surface area contributed by atoms with Gasteiger partial charge in [0.2, 0.25) is 0 Å². The molecule has 0 bridgehead atoms. The average Bonchev–Trinajstić information content (AvgIpc) is 2.41. The quantitative estimate of drug-likeness (QED) is 0.882. The third kappa shape index (κ3) is 3.03. The van der Waals surface area contributed by atoms with Gasteiger partial charge in [-0.2, -0.15) is 5.26 Å². The van der Waals surface area contributed by atoms with E-state index in [0.29, 0.717) is 16.8 Å². The molecule has 0 radical (unpaired) electrons. The molecule has 2 N–H and O–H groups in total. The van der Waals surface area contributed by atoms with Crippen LogP contribution in [0.5, 0.6) is 5.75 Å². The lowest BCUT2D eigenvalue weighted by Gasteiger charge is -2.07. The van der Waals surface area contributed by atoms with Gasteiger partial charge in [0.1, 0.15) is 5.75 Å². The standard InChI is InChI=1S/C14H9ClN2O2/c15-12-6-9(8-16)4-5-13(12)17-14(19)10-2-1-3-11(18)7-10/h1-7,18H,(H,17,19). The summed E-state index contributed by atoms with van der Waals surface area (Å²) in [5.74, 6) is -0.374. The minimum absolute atomic E-state index is 0.0126. The average molecular weight is 273 g/mol. The fourth-order valence-electron chi connectivity index (χ4n) is 1.53. The molecule has 0 heterocycles. The van der Waals surface area contributed by atoms with Crippen molar-refractivity contribution >= 4 is 23.2 Å². The van der Waals surface area contributed by atoms with Gasteiger partial charge in [-0.05, 0) is 36.4 Å². The van der Waals surface area contributed by atoms with Crippen LogP contribution in [-0.4, -0.2) is 11.0 Å². The Morgan fingerprint density at radius 2 is 2.05 bits per heavy atom. The second-order valence-corrected chi connectivity index (χ2v) is 4.22. The first-order chi connectivity index (χ1) is 9.10. The van der Waals surface area contributed by atoms with Crippen molar-refractivity contribution in [3.63, 3.8) is 0 Å². The number of nitriles is 1. The van der Waals surface area contributed by atoms with Crippen molar-refractivity contribution in [2.45, 2.75) is 0 Å². The first-order valence-corrected chi connectivity index (χ1v) is 5.78. The van der Waals surface area contributed by atoms with Crippen molar-refractivity contribution in [3.05, 3.63) is 58.6 Å². The molecule has 0 atom stereocenters. The van der Waals surface area contributed by atoms with E-state index in [4.69, 9.17) is 16.9 Å². The maximum atomic E-state index is 11.9. The van der Waals surface area contributed by atoms with Gasteiger partial charge in [0, 0.05) is 5.56 Å². The van der Waals surface area contributed by atoms with Crippen LogP contribution in [0.4, 0.5) is 5.69 Å². The Hall–Kier alpha value is -2.51. The zero-order valence-electron chi connectivity index (χ0n) is 9.72. The van der Waals surface area contributed by atoms with Gasteiger partial charge >= 0.3 is 0 Å². The molecule has 2 aromatic rings. The number of anilines is 1. The van der Waals surface area contributed by atoms with E-state index < -0.39 is 0 Å². The van der Waals surface area contributed by atoms with E-state index in [-0.39, 0.29) is 16.7 Å². The number of nitrogens with one attached hydrogen (secondary N) is 1. The third-order valence-corrected chi connectivity index (χ3v) is 2.77. The van der Waals surface area contributed by atoms with Crippen molar-refractivity contribution in [2.75, 3.05) is 5.32 Å². The highest BCUT2D eigenvalue weighted by Gasteiger charge is 2.09. The molecule has 0 aliphatic carbocycles. The maximum absolute atomic E-state index is 11.9. The van der Waals surface area contributed by atoms with Gasteiger partial charge in [0.25, 0.3) is 5.91 Å². The summed E-state index contributed by atoms with van der Waals surface area (Å²) < 4.78 is 0. The molecule has 0 aliphatic heterocycles. The van der Waals surface area contributed by atoms with Crippen LogP contribution >= 0.6 is 11.6 Å². The van der Waals surface area contributed by atoms with Crippen LogP contribution in [0.2, 0.25) is 5.02 Å². The highest BCUT2D eigenvalue weighted by atomic mass is 35.5. The smallest absolute Gasteiger partial charge is 0.255 e. The second kappa shape index (κ2) is 5.42. The molecule has 0 aromatic heterocycles. The first-order valence-electron chi connectivity index (χ1n) is 5.40. The van der Waals surface area contributed by atoms with E-state index in [1.165, 1.54) is 18.2 Å². The van der Waals surface area contributed by atoms with Crippen LogP contribution in [0, 0.1) is 11.3 Å². The Morgan fingerprint density at radius 3 is 2.68 bits per heavy atom. The van der Waals surface area contributed by atoms with Gasteiger partial charge in [-0.25, -0.2) is 0 Å². The van der Waals surface area contributed by atoms with Crippen molar-refractivity contribution in [1.82, 2.24) is 0 Å². The van der Waals surface area contributed by atoms with E-state index in [1.54, 1.807) is 24.3 Å². The third-order valence-electron chi connectivity index (χ3n) is 2.45. The highest BCUT2D eigenvalue weighted by molar-refractivity contribution is 6.34. The number of hydrogen-bond donors (Lipinski definition) is 2. The number of carbonyl (C=O) groups excluding carboxylic acids is 1. The molecule has 0 aliphatic rings. The lowest BCUT2D eigenvalue weighted by Crippen LogP contribution is -2.12. The van der Waals surface area contributed by atoms with Crippen molar-refractivity contribution in [2.24, 2.45) is 0 Å². The predicted molar refractivity (Wildman–Crippen MR) is 72.2 cm³/mol. The Kier molecular flexibility index (Phi) is 3.69. The molecule has 4 nitrogen and oxygen atoms in total. The first kappa shape index (κ1) is 12.9. The Labute approximate surface area is 114 Å². The minimum Gasteiger partial charge on any atom is -0.508 e. The lowest BCUT2D eigenvalue weighted by molar-refractivity contribution is 0.102. The van der Waals surface area contributed by atoms with E-state index in [2.05, 4.69) is 5.32 Å². The molecule has 5 heteroatoms. The van der Waals surface area contributed by atoms with Gasteiger partial charge in [0.05, 0.1) is 22.3 Å². The van der Waals surface area contributed by atoms with Gasteiger partial charge < -0.3 is 10.4 Å². The summed E-state index contributed by atoms with van der Waals surface area (Å²) in [5.41, 5.74) is 1.15. The summed E-state index contributed by atoms with van der Waals surface area (Å²) in [6, 6.07) is 12.5. The number of phenols is 1. The number of hydrogen-bond acceptors (Lipinski definition) is 3. The molecule has 0 fully saturated rings. The number of rotatable bonds is 2. The van der Waals surface area contributed by atoms with Crippen molar-refractivity contribution in [3.8, 4) is 11.8 Å². The van der Waals surface area contributed by atoms with Crippen molar-refractivity contribution in [1.29, 1.82) is 5.26 Å². The molecular formula is C14H9ClN2O2. The number of nitrogens with zero attached hydrogens (tertiary/aromatic N) is 1. The van der Waals surface area contributed by atoms with Gasteiger partial charge in [0.15, 0.2) is 0 Å². The molecule has 1 amide bonds. The van der Waals surface area contributed by atoms with E-state index in [0.717, 1.165) is 0 Å². The Balaban J connectivity index is 2.22. The molecular weight excluding hydrogens is 264 g/mol. The van der Waals surface area contributed by atoms with Gasteiger partial charge in [-0.15, -0.1) is 0 Å². The number of phenolic OH excluding ortho intramolecular Hbond substituents is 1. The Morgan fingerprint density at radius 1 is 1.26 bits per heavy atom. The second-order valence-electron chi connectivity index (χ2n) is 3.81. The van der Waals surface area contributed by atoms with Crippen molar-refractivity contribution < 1.29 is 9.90 Å². The van der Waals surface area contributed by atoms with E-state index >= 15 is 0 Å². The largest absolute Gasteiger partial charge is 0.508 e. The van der Waals surface area contributed by atoms with Crippen LogP contribution in [0.15, 0.2) is 42.5 Å². The summed E-state index contributed by atoms with van der Waals surface area (Å²) in [7, 11) is 0. The number of halogens is 1. The number of carbonyl (C=O) groups is 1. The van der Waals surface area contributed by atoms with Crippen LogP contribution in [0.1, 0.15) is 15.9 Å². The van der Waals surface area contributed by atoms with Gasteiger partial charge in [-0.1, -0.05) is 17.7 Å². The monoisotopic (exact) mass is 272 g/mol. The maximum Gasteiger partial charge on any atom is 0.255 e. The van der Waals surface area contributed by atoms with Gasteiger partial charge in [-0.3, -0.25) is 4.79 Å². The molecule has 0 saturated carbocycles. The molecule has 0 unspecified atom stereocenters. The highest BCUT2D eigenvalue weighted by Crippen LogP contribution is 2.23. The summed E-state index contributed by atoms with van der Waals surface area (Å²) in [5, 5.41) is 20.9. The number of benzene rings is 2. The van der Waals surface area contributed by atoms with E-state index in [9.17, 15) is 9.90 Å². The lowest BCUT2D eigenvalue weighted by atomic mass is 10.2. The Bertz CT molecular complexity index is 677. The van der Waals surface area contributed by atoms with Crippen LogP contribution < -0.4 is 5.32 Å². The number of aromatic hydroxyl groups is 1.